The molecule has 0 saturated carbocycles. The smallest absolute Gasteiger partial charge is 0.229 e. The Labute approximate surface area is 99.4 Å². The highest BCUT2D eigenvalue weighted by molar-refractivity contribution is 5.75. The van der Waals surface area contributed by atoms with Gasteiger partial charge in [-0.1, -0.05) is 19.0 Å². The molecule has 0 aliphatic rings. The van der Waals surface area contributed by atoms with Gasteiger partial charge in [-0.3, -0.25) is 0 Å². The molecule has 3 nitrogen and oxygen atoms in total. The fourth-order valence-electron chi connectivity index (χ4n) is 1.87. The summed E-state index contributed by atoms with van der Waals surface area (Å²) < 4.78 is 18.6. The fourth-order valence-corrected chi connectivity index (χ4v) is 1.87. The zero-order chi connectivity index (χ0) is 12.6. The summed E-state index contributed by atoms with van der Waals surface area (Å²) >= 11 is 0. The van der Waals surface area contributed by atoms with Crippen molar-refractivity contribution in [2.75, 3.05) is 5.73 Å². The van der Waals surface area contributed by atoms with E-state index >= 15 is 0 Å². The SMILES string of the molecule is Cc1cc(F)c(C(C)C)cc1-c1cnoc1N. The minimum absolute atomic E-state index is 0.121. The summed E-state index contributed by atoms with van der Waals surface area (Å²) in [5.41, 5.74) is 8.76. The van der Waals surface area contributed by atoms with Gasteiger partial charge in [0, 0.05) is 0 Å². The molecule has 1 aromatic carbocycles. The molecule has 0 unspecified atom stereocenters. The van der Waals surface area contributed by atoms with Crippen LogP contribution < -0.4 is 5.73 Å². The Kier molecular flexibility index (Phi) is 2.88. The van der Waals surface area contributed by atoms with E-state index in [1.165, 1.54) is 6.07 Å². The molecule has 2 aromatic rings. The molecule has 0 amide bonds. The lowest BCUT2D eigenvalue weighted by atomic mass is 9.94. The number of rotatable bonds is 2. The van der Waals surface area contributed by atoms with Crippen LogP contribution in [0.5, 0.6) is 0 Å². The van der Waals surface area contributed by atoms with Crippen molar-refractivity contribution in [3.63, 3.8) is 0 Å². The van der Waals surface area contributed by atoms with Crippen LogP contribution in [0.2, 0.25) is 0 Å². The number of benzene rings is 1. The van der Waals surface area contributed by atoms with Crippen molar-refractivity contribution < 1.29 is 8.91 Å². The zero-order valence-corrected chi connectivity index (χ0v) is 10.1. The van der Waals surface area contributed by atoms with Crippen LogP contribution in [0.1, 0.15) is 30.9 Å². The van der Waals surface area contributed by atoms with E-state index in [9.17, 15) is 4.39 Å². The molecule has 0 saturated heterocycles. The average Bonchev–Trinajstić information content (AvgIpc) is 2.64. The van der Waals surface area contributed by atoms with Gasteiger partial charge in [-0.15, -0.1) is 0 Å². The maximum absolute atomic E-state index is 13.8. The summed E-state index contributed by atoms with van der Waals surface area (Å²) in [4.78, 5) is 0. The van der Waals surface area contributed by atoms with Crippen LogP contribution in [0, 0.1) is 12.7 Å². The molecule has 0 fully saturated rings. The second kappa shape index (κ2) is 4.20. The maximum atomic E-state index is 13.8. The van der Waals surface area contributed by atoms with Gasteiger partial charge in [0.15, 0.2) is 0 Å². The van der Waals surface area contributed by atoms with Gasteiger partial charge in [0.05, 0.1) is 11.8 Å². The van der Waals surface area contributed by atoms with Crippen molar-refractivity contribution >= 4 is 5.88 Å². The summed E-state index contributed by atoms with van der Waals surface area (Å²) in [6.45, 7) is 5.75. The molecule has 4 heteroatoms. The molecule has 0 aliphatic heterocycles. The number of anilines is 1. The molecule has 0 spiro atoms. The molecular weight excluding hydrogens is 219 g/mol. The Hall–Kier alpha value is -1.84. The zero-order valence-electron chi connectivity index (χ0n) is 10.1. The number of hydrogen-bond donors (Lipinski definition) is 1. The first-order valence-electron chi connectivity index (χ1n) is 5.51. The minimum atomic E-state index is -0.184. The molecule has 0 atom stereocenters. The van der Waals surface area contributed by atoms with Crippen LogP contribution in [0.3, 0.4) is 0 Å². The van der Waals surface area contributed by atoms with Crippen LogP contribution in [-0.2, 0) is 0 Å². The second-order valence-corrected chi connectivity index (χ2v) is 4.45. The maximum Gasteiger partial charge on any atom is 0.229 e. The highest BCUT2D eigenvalue weighted by Gasteiger charge is 2.15. The third-order valence-corrected chi connectivity index (χ3v) is 2.85. The van der Waals surface area contributed by atoms with E-state index < -0.39 is 0 Å². The van der Waals surface area contributed by atoms with Crippen molar-refractivity contribution in [3.05, 3.63) is 35.3 Å². The van der Waals surface area contributed by atoms with Crippen LogP contribution in [-0.4, -0.2) is 5.16 Å². The van der Waals surface area contributed by atoms with E-state index in [0.717, 1.165) is 11.1 Å². The van der Waals surface area contributed by atoms with Crippen LogP contribution in [0.4, 0.5) is 10.3 Å². The summed E-state index contributed by atoms with van der Waals surface area (Å²) in [6, 6.07) is 3.34. The van der Waals surface area contributed by atoms with Gasteiger partial charge in [0.1, 0.15) is 5.82 Å². The highest BCUT2D eigenvalue weighted by Crippen LogP contribution is 2.32. The number of hydrogen-bond acceptors (Lipinski definition) is 3. The molecule has 1 heterocycles. The predicted octanol–water partition coefficient (Wildman–Crippen LogP) is 3.49. The Bertz CT molecular complexity index is 546. The predicted molar refractivity (Wildman–Crippen MR) is 65.1 cm³/mol. The largest absolute Gasteiger partial charge is 0.367 e. The summed E-state index contributed by atoms with van der Waals surface area (Å²) in [7, 11) is 0. The molecule has 0 radical (unpaired) electrons. The highest BCUT2D eigenvalue weighted by atomic mass is 19.1. The number of nitrogen functional groups attached to an aromatic ring is 1. The standard InChI is InChI=1S/C13H15FN2O/c1-7(2)9-5-10(8(3)4-12(9)14)11-6-16-17-13(11)15/h4-7H,15H2,1-3H3. The van der Waals surface area contributed by atoms with Crippen molar-refractivity contribution in [2.24, 2.45) is 0 Å². The first-order valence-corrected chi connectivity index (χ1v) is 5.51. The van der Waals surface area contributed by atoms with E-state index in [0.29, 0.717) is 11.1 Å². The van der Waals surface area contributed by atoms with Gasteiger partial charge in [-0.2, -0.15) is 0 Å². The number of aromatic nitrogens is 1. The van der Waals surface area contributed by atoms with Crippen LogP contribution >= 0.6 is 0 Å². The second-order valence-electron chi connectivity index (χ2n) is 4.45. The van der Waals surface area contributed by atoms with Crippen molar-refractivity contribution in [2.45, 2.75) is 26.7 Å². The monoisotopic (exact) mass is 234 g/mol. The topological polar surface area (TPSA) is 52.0 Å². The molecule has 90 valence electrons. The van der Waals surface area contributed by atoms with Gasteiger partial charge in [0.2, 0.25) is 5.88 Å². The van der Waals surface area contributed by atoms with Gasteiger partial charge >= 0.3 is 0 Å². The molecule has 2 N–H and O–H groups in total. The summed E-state index contributed by atoms with van der Waals surface area (Å²) in [6.07, 6.45) is 1.56. The van der Waals surface area contributed by atoms with E-state index in [-0.39, 0.29) is 17.6 Å². The van der Waals surface area contributed by atoms with E-state index in [1.54, 1.807) is 6.20 Å². The first-order chi connectivity index (χ1) is 8.00. The first kappa shape index (κ1) is 11.6. The molecule has 2 rings (SSSR count). The van der Waals surface area contributed by atoms with E-state index in [1.807, 2.05) is 26.8 Å². The molecule has 1 aromatic heterocycles. The number of nitrogens with zero attached hydrogens (tertiary/aromatic N) is 1. The number of nitrogens with two attached hydrogens (primary N) is 1. The Morgan fingerprint density at radius 2 is 2.00 bits per heavy atom. The summed E-state index contributed by atoms with van der Waals surface area (Å²) in [5.74, 6) is 0.195. The van der Waals surface area contributed by atoms with E-state index in [2.05, 4.69) is 5.16 Å². The Balaban J connectivity index is 2.63. The Morgan fingerprint density at radius 1 is 1.29 bits per heavy atom. The normalized spacial score (nSPS) is 11.1. The van der Waals surface area contributed by atoms with Gasteiger partial charge in [-0.05, 0) is 41.7 Å². The Morgan fingerprint density at radius 3 is 2.53 bits per heavy atom. The van der Waals surface area contributed by atoms with Crippen LogP contribution in [0.15, 0.2) is 22.9 Å². The minimum Gasteiger partial charge on any atom is -0.367 e. The average molecular weight is 234 g/mol. The number of aryl methyl sites for hydroxylation is 1. The lowest BCUT2D eigenvalue weighted by Crippen LogP contribution is -1.97. The third kappa shape index (κ3) is 2.02. The number of halogens is 1. The molecule has 0 aliphatic carbocycles. The van der Waals surface area contributed by atoms with Crippen molar-refractivity contribution in [3.8, 4) is 11.1 Å². The van der Waals surface area contributed by atoms with Gasteiger partial charge < -0.3 is 10.3 Å². The van der Waals surface area contributed by atoms with Gasteiger partial charge in [0.25, 0.3) is 0 Å². The van der Waals surface area contributed by atoms with E-state index in [4.69, 9.17) is 10.3 Å². The molecule has 0 bridgehead atoms. The summed E-state index contributed by atoms with van der Waals surface area (Å²) in [5, 5.41) is 3.64. The quantitative estimate of drug-likeness (QED) is 0.865. The van der Waals surface area contributed by atoms with Crippen molar-refractivity contribution in [1.82, 2.24) is 5.16 Å². The lowest BCUT2D eigenvalue weighted by Gasteiger charge is -2.11. The molecular formula is C13H15FN2O. The third-order valence-electron chi connectivity index (χ3n) is 2.85. The fraction of sp³-hybridized carbons (Fsp3) is 0.308. The van der Waals surface area contributed by atoms with Crippen LogP contribution in [0.25, 0.3) is 11.1 Å². The lowest BCUT2D eigenvalue weighted by molar-refractivity contribution is 0.436. The molecule has 17 heavy (non-hydrogen) atoms. The van der Waals surface area contributed by atoms with Gasteiger partial charge in [-0.25, -0.2) is 4.39 Å². The van der Waals surface area contributed by atoms with Crippen molar-refractivity contribution in [1.29, 1.82) is 0 Å².